The molecule has 1 aliphatic rings. The number of carbonyl (C=O) groups is 2. The van der Waals surface area contributed by atoms with Crippen LogP contribution >= 0.6 is 23.2 Å². The van der Waals surface area contributed by atoms with Crippen molar-refractivity contribution in [2.75, 3.05) is 31.6 Å². The molecule has 8 heteroatoms. The summed E-state index contributed by atoms with van der Waals surface area (Å²) >= 11 is 11.7. The lowest BCUT2D eigenvalue weighted by molar-refractivity contribution is -0.150. The summed E-state index contributed by atoms with van der Waals surface area (Å²) in [7, 11) is 0. The van der Waals surface area contributed by atoms with E-state index in [2.05, 4.69) is 5.32 Å². The molecule has 0 saturated carbocycles. The van der Waals surface area contributed by atoms with E-state index in [1.54, 1.807) is 17.0 Å². The minimum absolute atomic E-state index is 0.0272. The Balaban J connectivity index is 1.97. The van der Waals surface area contributed by atoms with Gasteiger partial charge in [0.05, 0.1) is 29.8 Å². The molecule has 1 aromatic carbocycles. The first-order valence-electron chi connectivity index (χ1n) is 6.27. The number of hydrogen-bond acceptors (Lipinski definition) is 4. The van der Waals surface area contributed by atoms with Crippen molar-refractivity contribution in [3.8, 4) is 0 Å². The van der Waals surface area contributed by atoms with E-state index in [1.165, 1.54) is 6.07 Å². The molecular formula is C13H14Cl2N2O4. The molecule has 0 spiro atoms. The fourth-order valence-corrected chi connectivity index (χ4v) is 2.31. The monoisotopic (exact) mass is 332 g/mol. The van der Waals surface area contributed by atoms with Gasteiger partial charge in [-0.25, -0.2) is 0 Å². The number of benzene rings is 1. The molecule has 1 heterocycles. The topological polar surface area (TPSA) is 78.9 Å². The highest BCUT2D eigenvalue weighted by molar-refractivity contribution is 6.42. The van der Waals surface area contributed by atoms with Crippen molar-refractivity contribution in [1.29, 1.82) is 0 Å². The van der Waals surface area contributed by atoms with Crippen molar-refractivity contribution in [1.82, 2.24) is 4.90 Å². The molecule has 6 nitrogen and oxygen atoms in total. The van der Waals surface area contributed by atoms with Crippen LogP contribution in [0.2, 0.25) is 10.0 Å². The molecule has 21 heavy (non-hydrogen) atoms. The number of rotatable bonds is 4. The minimum atomic E-state index is -1.00. The maximum atomic E-state index is 12.0. The molecule has 1 fully saturated rings. The molecule has 1 aliphatic heterocycles. The molecule has 0 aromatic heterocycles. The Kier molecular flexibility index (Phi) is 5.41. The van der Waals surface area contributed by atoms with Gasteiger partial charge in [0.1, 0.15) is 6.04 Å². The number of carboxylic acids is 1. The second-order valence-corrected chi connectivity index (χ2v) is 5.39. The highest BCUT2D eigenvalue weighted by Gasteiger charge is 2.30. The molecule has 1 saturated heterocycles. The smallest absolute Gasteiger partial charge is 0.323 e. The number of morpholine rings is 1. The van der Waals surface area contributed by atoms with E-state index in [0.29, 0.717) is 28.9 Å². The first kappa shape index (κ1) is 16.0. The van der Waals surface area contributed by atoms with Gasteiger partial charge >= 0.3 is 5.97 Å². The van der Waals surface area contributed by atoms with E-state index >= 15 is 0 Å². The van der Waals surface area contributed by atoms with Gasteiger partial charge in [-0.1, -0.05) is 23.2 Å². The van der Waals surface area contributed by atoms with Gasteiger partial charge in [-0.15, -0.1) is 0 Å². The normalized spacial score (nSPS) is 19.2. The van der Waals surface area contributed by atoms with Crippen molar-refractivity contribution in [2.24, 2.45) is 0 Å². The van der Waals surface area contributed by atoms with Crippen molar-refractivity contribution in [3.63, 3.8) is 0 Å². The molecular weight excluding hydrogens is 319 g/mol. The third-order valence-corrected chi connectivity index (χ3v) is 3.81. The number of carbonyl (C=O) groups excluding carboxylic acids is 1. The third-order valence-electron chi connectivity index (χ3n) is 3.07. The Bertz CT molecular complexity index is 553. The van der Waals surface area contributed by atoms with Crippen LogP contribution < -0.4 is 5.32 Å². The predicted octanol–water partition coefficient (Wildman–Crippen LogP) is 1.72. The number of carboxylic acid groups (broad SMARTS) is 1. The zero-order chi connectivity index (χ0) is 15.4. The summed E-state index contributed by atoms with van der Waals surface area (Å²) < 4.78 is 5.12. The van der Waals surface area contributed by atoms with Crippen LogP contribution in [-0.2, 0) is 14.3 Å². The molecule has 0 radical (unpaired) electrons. The predicted molar refractivity (Wildman–Crippen MR) is 78.9 cm³/mol. The fraction of sp³-hybridized carbons (Fsp3) is 0.385. The number of nitrogens with one attached hydrogen (secondary N) is 1. The Morgan fingerprint density at radius 3 is 2.81 bits per heavy atom. The number of ether oxygens (including phenoxy) is 1. The van der Waals surface area contributed by atoms with E-state index < -0.39 is 12.0 Å². The molecule has 1 amide bonds. The summed E-state index contributed by atoms with van der Waals surface area (Å²) in [5.74, 6) is -1.32. The van der Waals surface area contributed by atoms with Gasteiger partial charge in [0.2, 0.25) is 5.91 Å². The summed E-state index contributed by atoms with van der Waals surface area (Å²) in [6.07, 6.45) is 0. The van der Waals surface area contributed by atoms with Gasteiger partial charge in [0.25, 0.3) is 0 Å². The summed E-state index contributed by atoms with van der Waals surface area (Å²) in [6.45, 7) is 0.853. The van der Waals surface area contributed by atoms with E-state index in [1.807, 2.05) is 0 Å². The Hall–Kier alpha value is -1.34. The minimum Gasteiger partial charge on any atom is -0.480 e. The van der Waals surface area contributed by atoms with Crippen LogP contribution in [0.3, 0.4) is 0 Å². The number of hydrogen-bond donors (Lipinski definition) is 2. The van der Waals surface area contributed by atoms with Crippen molar-refractivity contribution in [2.45, 2.75) is 6.04 Å². The van der Waals surface area contributed by atoms with Crippen LogP contribution in [0, 0.1) is 0 Å². The Morgan fingerprint density at radius 2 is 2.14 bits per heavy atom. The van der Waals surface area contributed by atoms with Crippen molar-refractivity contribution >= 4 is 40.8 Å². The van der Waals surface area contributed by atoms with Gasteiger partial charge < -0.3 is 15.2 Å². The first-order valence-corrected chi connectivity index (χ1v) is 7.02. The summed E-state index contributed by atoms with van der Waals surface area (Å²) in [5.41, 5.74) is 0.509. The molecule has 1 aromatic rings. The van der Waals surface area contributed by atoms with Gasteiger partial charge in [0, 0.05) is 12.2 Å². The molecule has 1 atom stereocenters. The molecule has 1 unspecified atom stereocenters. The molecule has 114 valence electrons. The Morgan fingerprint density at radius 1 is 1.38 bits per heavy atom. The lowest BCUT2D eigenvalue weighted by Gasteiger charge is -2.32. The molecule has 0 bridgehead atoms. The summed E-state index contributed by atoms with van der Waals surface area (Å²) in [5, 5.41) is 12.5. The highest BCUT2D eigenvalue weighted by atomic mass is 35.5. The zero-order valence-corrected chi connectivity index (χ0v) is 12.5. The highest BCUT2D eigenvalue weighted by Crippen LogP contribution is 2.25. The molecule has 2 rings (SSSR count). The van der Waals surface area contributed by atoms with Crippen LogP contribution in [-0.4, -0.2) is 54.2 Å². The average molecular weight is 333 g/mol. The largest absolute Gasteiger partial charge is 0.480 e. The van der Waals surface area contributed by atoms with Gasteiger partial charge in [-0.2, -0.15) is 0 Å². The van der Waals surface area contributed by atoms with Gasteiger partial charge in [-0.05, 0) is 18.2 Å². The number of amides is 1. The van der Waals surface area contributed by atoms with E-state index in [9.17, 15) is 9.59 Å². The van der Waals surface area contributed by atoms with Gasteiger partial charge in [0.15, 0.2) is 0 Å². The quantitative estimate of drug-likeness (QED) is 0.877. The summed E-state index contributed by atoms with van der Waals surface area (Å²) in [4.78, 5) is 24.7. The van der Waals surface area contributed by atoms with Crippen molar-refractivity contribution in [3.05, 3.63) is 28.2 Å². The van der Waals surface area contributed by atoms with Crippen molar-refractivity contribution < 1.29 is 19.4 Å². The summed E-state index contributed by atoms with van der Waals surface area (Å²) in [6, 6.07) is 3.93. The van der Waals surface area contributed by atoms with E-state index in [-0.39, 0.29) is 19.1 Å². The lowest BCUT2D eigenvalue weighted by atomic mass is 10.2. The second kappa shape index (κ2) is 7.09. The van der Waals surface area contributed by atoms with Crippen LogP contribution in [0.1, 0.15) is 0 Å². The standard InChI is InChI=1S/C13H14Cl2N2O4/c14-9-2-1-8(5-10(9)15)16-12(18)6-17-3-4-21-7-11(17)13(19)20/h1-2,5,11H,3-4,6-7H2,(H,16,18)(H,19,20). The first-order chi connectivity index (χ1) is 9.97. The van der Waals surface area contributed by atoms with Crippen LogP contribution in [0.4, 0.5) is 5.69 Å². The number of anilines is 1. The maximum Gasteiger partial charge on any atom is 0.323 e. The molecule has 2 N–H and O–H groups in total. The van der Waals surface area contributed by atoms with Gasteiger partial charge in [-0.3, -0.25) is 14.5 Å². The van der Waals surface area contributed by atoms with Crippen LogP contribution in [0.5, 0.6) is 0 Å². The SMILES string of the molecule is O=C(CN1CCOCC1C(=O)O)Nc1ccc(Cl)c(Cl)c1. The van der Waals surface area contributed by atoms with E-state index in [0.717, 1.165) is 0 Å². The maximum absolute atomic E-state index is 12.0. The van der Waals surface area contributed by atoms with E-state index in [4.69, 9.17) is 33.0 Å². The average Bonchev–Trinajstić information content (AvgIpc) is 2.43. The fourth-order valence-electron chi connectivity index (χ4n) is 2.01. The number of aliphatic carboxylic acids is 1. The molecule has 0 aliphatic carbocycles. The Labute approximate surface area is 131 Å². The zero-order valence-electron chi connectivity index (χ0n) is 11.0. The number of halogens is 2. The van der Waals surface area contributed by atoms with Crippen LogP contribution in [0.15, 0.2) is 18.2 Å². The second-order valence-electron chi connectivity index (χ2n) is 4.58. The van der Waals surface area contributed by atoms with Crippen LogP contribution in [0.25, 0.3) is 0 Å². The third kappa shape index (κ3) is 4.31. The lowest BCUT2D eigenvalue weighted by Crippen LogP contribution is -2.52. The number of nitrogens with zero attached hydrogens (tertiary/aromatic N) is 1.